The number of aliphatic hydroxyl groups excluding tert-OH is 1. The lowest BCUT2D eigenvalue weighted by Crippen LogP contribution is -2.32. The second-order valence-electron chi connectivity index (χ2n) is 6.07. The van der Waals surface area contributed by atoms with Gasteiger partial charge < -0.3 is 14.6 Å². The van der Waals surface area contributed by atoms with E-state index in [1.165, 1.54) is 5.56 Å². The standard InChI is InChI=1S/C21H29NO3/c1-4-22(16-21(23)18-8-6-17(3)7-9-18)14-15-25-20-12-10-19(11-13-20)24-5-2/h6-13,21,23H,4-5,14-16H2,1-3H3/t21-/m0/s1. The van der Waals surface area contributed by atoms with Crippen LogP contribution in [0.2, 0.25) is 0 Å². The SMILES string of the molecule is CCOc1ccc(OCCN(CC)C[C@H](O)c2ccc(C)cc2)cc1. The molecule has 0 fully saturated rings. The number of rotatable bonds is 10. The Hall–Kier alpha value is -2.04. The van der Waals surface area contributed by atoms with Crippen molar-refractivity contribution in [3.05, 3.63) is 59.7 Å². The Kier molecular flexibility index (Phi) is 7.76. The molecule has 0 heterocycles. The summed E-state index contributed by atoms with van der Waals surface area (Å²) >= 11 is 0. The van der Waals surface area contributed by atoms with Crippen molar-refractivity contribution in [2.45, 2.75) is 26.9 Å². The maximum atomic E-state index is 10.4. The van der Waals surface area contributed by atoms with Crippen LogP contribution < -0.4 is 9.47 Å². The van der Waals surface area contributed by atoms with E-state index in [1.807, 2.05) is 62.4 Å². The Morgan fingerprint density at radius 3 is 2.08 bits per heavy atom. The lowest BCUT2D eigenvalue weighted by atomic mass is 10.1. The molecule has 1 N–H and O–H groups in total. The molecule has 2 aromatic rings. The van der Waals surface area contributed by atoms with Crippen molar-refractivity contribution in [1.82, 2.24) is 4.90 Å². The summed E-state index contributed by atoms with van der Waals surface area (Å²) < 4.78 is 11.2. The van der Waals surface area contributed by atoms with Crippen molar-refractivity contribution in [1.29, 1.82) is 0 Å². The summed E-state index contributed by atoms with van der Waals surface area (Å²) in [7, 11) is 0. The molecule has 4 nitrogen and oxygen atoms in total. The van der Waals surface area contributed by atoms with Gasteiger partial charge in [-0.2, -0.15) is 0 Å². The Morgan fingerprint density at radius 1 is 0.920 bits per heavy atom. The summed E-state index contributed by atoms with van der Waals surface area (Å²) in [6, 6.07) is 15.7. The molecule has 0 spiro atoms. The predicted octanol–water partition coefficient (Wildman–Crippen LogP) is 3.83. The largest absolute Gasteiger partial charge is 0.494 e. The van der Waals surface area contributed by atoms with E-state index in [-0.39, 0.29) is 0 Å². The maximum Gasteiger partial charge on any atom is 0.119 e. The van der Waals surface area contributed by atoms with E-state index in [1.54, 1.807) is 0 Å². The number of benzene rings is 2. The Morgan fingerprint density at radius 2 is 1.52 bits per heavy atom. The molecule has 4 heteroatoms. The van der Waals surface area contributed by atoms with Crippen molar-refractivity contribution in [2.24, 2.45) is 0 Å². The van der Waals surface area contributed by atoms with Crippen molar-refractivity contribution >= 4 is 0 Å². The molecule has 1 atom stereocenters. The highest BCUT2D eigenvalue weighted by Crippen LogP contribution is 2.18. The van der Waals surface area contributed by atoms with E-state index in [0.29, 0.717) is 19.8 Å². The number of nitrogens with zero attached hydrogens (tertiary/aromatic N) is 1. The molecule has 0 saturated carbocycles. The Balaban J connectivity index is 1.78. The molecule has 0 aromatic heterocycles. The van der Waals surface area contributed by atoms with Crippen molar-refractivity contribution in [3.63, 3.8) is 0 Å². The minimum absolute atomic E-state index is 0.481. The van der Waals surface area contributed by atoms with Crippen LogP contribution in [0.3, 0.4) is 0 Å². The molecule has 0 unspecified atom stereocenters. The average molecular weight is 343 g/mol. The number of hydrogen-bond donors (Lipinski definition) is 1. The van der Waals surface area contributed by atoms with Gasteiger partial charge in [-0.15, -0.1) is 0 Å². The first-order chi connectivity index (χ1) is 12.1. The molecule has 0 aliphatic carbocycles. The number of aliphatic hydroxyl groups is 1. The summed E-state index contributed by atoms with van der Waals surface area (Å²) in [5, 5.41) is 10.4. The van der Waals surface area contributed by atoms with E-state index in [4.69, 9.17) is 9.47 Å². The van der Waals surface area contributed by atoms with Crippen LogP contribution >= 0.6 is 0 Å². The smallest absolute Gasteiger partial charge is 0.119 e. The van der Waals surface area contributed by atoms with Gasteiger partial charge in [0.25, 0.3) is 0 Å². The first-order valence-electron chi connectivity index (χ1n) is 8.95. The zero-order valence-electron chi connectivity index (χ0n) is 15.4. The molecule has 0 aliphatic rings. The summed E-state index contributed by atoms with van der Waals surface area (Å²) in [6.07, 6.45) is -0.481. The van der Waals surface area contributed by atoms with Gasteiger partial charge in [0.2, 0.25) is 0 Å². The van der Waals surface area contributed by atoms with E-state index in [2.05, 4.69) is 11.8 Å². The molecule has 136 valence electrons. The minimum atomic E-state index is -0.481. The number of ether oxygens (including phenoxy) is 2. The zero-order valence-corrected chi connectivity index (χ0v) is 15.4. The summed E-state index contributed by atoms with van der Waals surface area (Å²) in [5.74, 6) is 1.69. The zero-order chi connectivity index (χ0) is 18.1. The lowest BCUT2D eigenvalue weighted by molar-refractivity contribution is 0.106. The molecule has 25 heavy (non-hydrogen) atoms. The second kappa shape index (κ2) is 10.1. The third-order valence-electron chi connectivity index (χ3n) is 4.15. The normalized spacial score (nSPS) is 12.2. The maximum absolute atomic E-state index is 10.4. The Bertz CT molecular complexity index is 610. The topological polar surface area (TPSA) is 41.9 Å². The molecular formula is C21H29NO3. The third-order valence-corrected chi connectivity index (χ3v) is 4.15. The van der Waals surface area contributed by atoms with Crippen LogP contribution in [0, 0.1) is 6.92 Å². The van der Waals surface area contributed by atoms with Gasteiger partial charge in [0.1, 0.15) is 18.1 Å². The van der Waals surface area contributed by atoms with E-state index in [0.717, 1.165) is 30.2 Å². The fourth-order valence-corrected chi connectivity index (χ4v) is 2.61. The first-order valence-corrected chi connectivity index (χ1v) is 8.95. The predicted molar refractivity (Wildman–Crippen MR) is 101 cm³/mol. The van der Waals surface area contributed by atoms with Crippen LogP contribution in [-0.4, -0.2) is 42.9 Å². The fraction of sp³-hybridized carbons (Fsp3) is 0.429. The van der Waals surface area contributed by atoms with Crippen LogP contribution in [0.25, 0.3) is 0 Å². The van der Waals surface area contributed by atoms with Gasteiger partial charge in [0.15, 0.2) is 0 Å². The van der Waals surface area contributed by atoms with E-state index >= 15 is 0 Å². The van der Waals surface area contributed by atoms with Crippen molar-refractivity contribution < 1.29 is 14.6 Å². The van der Waals surface area contributed by atoms with Gasteiger partial charge in [0.05, 0.1) is 12.7 Å². The van der Waals surface area contributed by atoms with Crippen LogP contribution in [0.4, 0.5) is 0 Å². The van der Waals surface area contributed by atoms with Crippen molar-refractivity contribution in [3.8, 4) is 11.5 Å². The van der Waals surface area contributed by atoms with Crippen LogP contribution in [0.15, 0.2) is 48.5 Å². The summed E-state index contributed by atoms with van der Waals surface area (Å²) in [4.78, 5) is 2.19. The lowest BCUT2D eigenvalue weighted by Gasteiger charge is -2.24. The molecular weight excluding hydrogens is 314 g/mol. The molecule has 0 bridgehead atoms. The fourth-order valence-electron chi connectivity index (χ4n) is 2.61. The minimum Gasteiger partial charge on any atom is -0.494 e. The highest BCUT2D eigenvalue weighted by atomic mass is 16.5. The van der Waals surface area contributed by atoms with Gasteiger partial charge in [-0.1, -0.05) is 36.8 Å². The average Bonchev–Trinajstić information content (AvgIpc) is 2.63. The molecule has 2 aromatic carbocycles. The van der Waals surface area contributed by atoms with Gasteiger partial charge in [-0.25, -0.2) is 0 Å². The quantitative estimate of drug-likeness (QED) is 0.712. The number of aryl methyl sites for hydroxylation is 1. The van der Waals surface area contributed by atoms with Crippen LogP contribution in [-0.2, 0) is 0 Å². The molecule has 0 saturated heterocycles. The highest BCUT2D eigenvalue weighted by molar-refractivity contribution is 5.31. The van der Waals surface area contributed by atoms with Crippen LogP contribution in [0.1, 0.15) is 31.1 Å². The van der Waals surface area contributed by atoms with Crippen LogP contribution in [0.5, 0.6) is 11.5 Å². The Labute approximate surface area is 151 Å². The van der Waals surface area contributed by atoms with Gasteiger partial charge in [-0.3, -0.25) is 4.90 Å². The van der Waals surface area contributed by atoms with E-state index in [9.17, 15) is 5.11 Å². The third kappa shape index (κ3) is 6.40. The first kappa shape index (κ1) is 19.3. The monoisotopic (exact) mass is 343 g/mol. The summed E-state index contributed by atoms with van der Waals surface area (Å²) in [6.45, 7) is 9.60. The molecule has 0 amide bonds. The molecule has 2 rings (SSSR count). The molecule has 0 radical (unpaired) electrons. The second-order valence-corrected chi connectivity index (χ2v) is 6.07. The number of hydrogen-bond acceptors (Lipinski definition) is 4. The summed E-state index contributed by atoms with van der Waals surface area (Å²) in [5.41, 5.74) is 2.16. The number of likely N-dealkylation sites (N-methyl/N-ethyl adjacent to an activating group) is 1. The van der Waals surface area contributed by atoms with Gasteiger partial charge >= 0.3 is 0 Å². The van der Waals surface area contributed by atoms with Gasteiger partial charge in [-0.05, 0) is 50.2 Å². The van der Waals surface area contributed by atoms with Gasteiger partial charge in [0, 0.05) is 13.1 Å². The molecule has 0 aliphatic heterocycles. The van der Waals surface area contributed by atoms with E-state index < -0.39 is 6.10 Å². The van der Waals surface area contributed by atoms with Crippen molar-refractivity contribution in [2.75, 3.05) is 32.8 Å². The highest BCUT2D eigenvalue weighted by Gasteiger charge is 2.12.